The Morgan fingerprint density at radius 3 is 3.00 bits per heavy atom. The summed E-state index contributed by atoms with van der Waals surface area (Å²) in [5, 5.41) is 27.6. The summed E-state index contributed by atoms with van der Waals surface area (Å²) in [6, 6.07) is -0.734. The zero-order valence-electron chi connectivity index (χ0n) is 11.1. The van der Waals surface area contributed by atoms with Crippen molar-refractivity contribution in [2.24, 2.45) is 0 Å². The van der Waals surface area contributed by atoms with Gasteiger partial charge in [-0.3, -0.25) is 9.89 Å². The van der Waals surface area contributed by atoms with E-state index in [0.29, 0.717) is 11.5 Å². The predicted molar refractivity (Wildman–Crippen MR) is 67.8 cm³/mol. The number of aromatic amines is 1. The molecule has 0 spiro atoms. The molecule has 0 radical (unpaired) electrons. The molecule has 112 valence electrons. The van der Waals surface area contributed by atoms with E-state index in [1.54, 1.807) is 6.92 Å². The molecule has 2 rings (SSSR count). The van der Waals surface area contributed by atoms with E-state index >= 15 is 0 Å². The van der Waals surface area contributed by atoms with Crippen LogP contribution >= 0.6 is 0 Å². The highest BCUT2D eigenvalue weighted by Gasteiger charge is 2.12. The molecule has 4 N–H and O–H groups in total. The quantitative estimate of drug-likeness (QED) is 0.535. The molecule has 2 aromatic rings. The van der Waals surface area contributed by atoms with E-state index < -0.39 is 12.0 Å². The number of nitrogens with one attached hydrogen (secondary N) is 3. The number of hydrogen-bond donors (Lipinski definition) is 4. The van der Waals surface area contributed by atoms with Gasteiger partial charge in [-0.1, -0.05) is 5.21 Å². The van der Waals surface area contributed by atoms with Gasteiger partial charge in [0.15, 0.2) is 0 Å². The minimum atomic E-state index is -1.02. The molecule has 1 atom stereocenters. The Labute approximate surface area is 118 Å². The molecule has 11 heteroatoms. The van der Waals surface area contributed by atoms with Crippen molar-refractivity contribution in [2.45, 2.75) is 26.1 Å². The Kier molecular flexibility index (Phi) is 4.43. The minimum absolute atomic E-state index is 0.134. The molecule has 2 aromatic heterocycles. The number of urea groups is 1. The maximum atomic E-state index is 11.7. The van der Waals surface area contributed by atoms with Crippen LogP contribution in [0.2, 0.25) is 0 Å². The van der Waals surface area contributed by atoms with Crippen LogP contribution in [0.5, 0.6) is 0 Å². The Hall–Kier alpha value is -2.98. The van der Waals surface area contributed by atoms with Crippen LogP contribution in [0.4, 0.5) is 4.79 Å². The number of nitrogens with zero attached hydrogens (tertiary/aromatic N) is 5. The monoisotopic (exact) mass is 294 g/mol. The lowest BCUT2D eigenvalue weighted by Gasteiger charge is -2.11. The highest BCUT2D eigenvalue weighted by molar-refractivity contribution is 5.74. The average molecular weight is 294 g/mol. The van der Waals surface area contributed by atoms with Crippen LogP contribution in [0.1, 0.15) is 24.5 Å². The molecule has 0 bridgehead atoms. The number of hydrogen-bond acceptors (Lipinski definition) is 6. The van der Waals surface area contributed by atoms with Crippen molar-refractivity contribution in [3.8, 4) is 0 Å². The van der Waals surface area contributed by atoms with Crippen molar-refractivity contribution in [3.63, 3.8) is 0 Å². The molecule has 0 saturated heterocycles. The molecule has 2 amide bonds. The van der Waals surface area contributed by atoms with E-state index in [2.05, 4.69) is 36.1 Å². The van der Waals surface area contributed by atoms with Crippen molar-refractivity contribution < 1.29 is 14.7 Å². The average Bonchev–Trinajstić information content (AvgIpc) is 3.06. The van der Waals surface area contributed by atoms with E-state index in [0.717, 1.165) is 0 Å². The van der Waals surface area contributed by atoms with Gasteiger partial charge in [0, 0.05) is 0 Å². The number of carbonyl (C=O) groups excluding carboxylic acids is 1. The largest absolute Gasteiger partial charge is 0.480 e. The molecule has 0 fully saturated rings. The van der Waals surface area contributed by atoms with Crippen LogP contribution in [-0.2, 0) is 17.9 Å². The molecular formula is C10H14N8O3. The molecule has 0 aliphatic heterocycles. The number of H-pyrrole nitrogens is 1. The van der Waals surface area contributed by atoms with Gasteiger partial charge in [-0.25, -0.2) is 14.5 Å². The second-order valence-electron chi connectivity index (χ2n) is 4.22. The van der Waals surface area contributed by atoms with E-state index in [-0.39, 0.29) is 19.1 Å². The summed E-state index contributed by atoms with van der Waals surface area (Å²) in [6.07, 6.45) is 2.81. The third-order valence-electron chi connectivity index (χ3n) is 2.50. The van der Waals surface area contributed by atoms with Crippen LogP contribution in [0.15, 0.2) is 12.5 Å². The number of carboxylic acid groups (broad SMARTS) is 1. The Morgan fingerprint density at radius 1 is 1.52 bits per heavy atom. The highest BCUT2D eigenvalue weighted by Crippen LogP contribution is 2.03. The normalized spacial score (nSPS) is 11.9. The number of aromatic nitrogens is 6. The molecule has 11 nitrogen and oxygen atoms in total. The lowest BCUT2D eigenvalue weighted by atomic mass is 10.3. The third-order valence-corrected chi connectivity index (χ3v) is 2.50. The van der Waals surface area contributed by atoms with Gasteiger partial charge in [0.25, 0.3) is 0 Å². The molecular weight excluding hydrogens is 280 g/mol. The van der Waals surface area contributed by atoms with Crippen LogP contribution in [0, 0.1) is 0 Å². The van der Waals surface area contributed by atoms with Gasteiger partial charge in [0.2, 0.25) is 0 Å². The molecule has 0 aliphatic carbocycles. The maximum absolute atomic E-state index is 11.7. The van der Waals surface area contributed by atoms with Gasteiger partial charge in [-0.05, 0) is 6.92 Å². The summed E-state index contributed by atoms with van der Waals surface area (Å²) in [6.45, 7) is 1.61. The fourth-order valence-corrected chi connectivity index (χ4v) is 1.55. The fraction of sp³-hybridized carbons (Fsp3) is 0.400. The molecule has 1 unspecified atom stereocenters. The number of rotatable bonds is 6. The predicted octanol–water partition coefficient (Wildman–Crippen LogP) is -0.959. The van der Waals surface area contributed by atoms with E-state index in [4.69, 9.17) is 5.11 Å². The second kappa shape index (κ2) is 6.45. The van der Waals surface area contributed by atoms with E-state index in [1.165, 1.54) is 17.2 Å². The molecule has 0 saturated carbocycles. The Bertz CT molecular complexity index is 608. The minimum Gasteiger partial charge on any atom is -0.480 e. The van der Waals surface area contributed by atoms with Crippen molar-refractivity contribution in [1.82, 2.24) is 40.8 Å². The molecule has 0 aromatic carbocycles. The highest BCUT2D eigenvalue weighted by atomic mass is 16.4. The number of carboxylic acids is 1. The molecule has 2 heterocycles. The lowest BCUT2D eigenvalue weighted by molar-refractivity contribution is -0.137. The van der Waals surface area contributed by atoms with Crippen LogP contribution in [-0.4, -0.2) is 47.3 Å². The molecule has 21 heavy (non-hydrogen) atoms. The van der Waals surface area contributed by atoms with Crippen molar-refractivity contribution >= 4 is 12.0 Å². The zero-order chi connectivity index (χ0) is 15.2. The second-order valence-corrected chi connectivity index (χ2v) is 4.22. The summed E-state index contributed by atoms with van der Waals surface area (Å²) in [5.74, 6) is -0.476. The summed E-state index contributed by atoms with van der Waals surface area (Å²) in [5.41, 5.74) is 0.457. The topological polar surface area (TPSA) is 151 Å². The standard InChI is InChI=1S/C10H14N8O3/c1-6(9-12-5-13-16-9)14-10(21)11-2-7-3-18(17-15-7)4-8(19)20/h3,5-6H,2,4H2,1H3,(H,19,20)(H2,11,14,21)(H,12,13,16). The first-order valence-electron chi connectivity index (χ1n) is 6.05. The van der Waals surface area contributed by atoms with E-state index in [9.17, 15) is 9.59 Å². The van der Waals surface area contributed by atoms with Gasteiger partial charge >= 0.3 is 12.0 Å². The smallest absolute Gasteiger partial charge is 0.325 e. The van der Waals surface area contributed by atoms with Gasteiger partial charge in [0.1, 0.15) is 24.4 Å². The number of carbonyl (C=O) groups is 2. The summed E-state index contributed by atoms with van der Waals surface area (Å²) in [4.78, 5) is 26.1. The van der Waals surface area contributed by atoms with Gasteiger partial charge < -0.3 is 15.7 Å². The Balaban J connectivity index is 1.78. The first-order chi connectivity index (χ1) is 10.0. The fourth-order valence-electron chi connectivity index (χ4n) is 1.55. The van der Waals surface area contributed by atoms with Crippen molar-refractivity contribution in [3.05, 3.63) is 24.0 Å². The Morgan fingerprint density at radius 2 is 2.33 bits per heavy atom. The van der Waals surface area contributed by atoms with Gasteiger partial charge in [-0.2, -0.15) is 5.10 Å². The van der Waals surface area contributed by atoms with Crippen LogP contribution in [0.25, 0.3) is 0 Å². The SMILES string of the molecule is CC(NC(=O)NCc1cn(CC(=O)O)nn1)c1ncn[nH]1. The first-order valence-corrected chi connectivity index (χ1v) is 6.05. The summed E-state index contributed by atoms with van der Waals surface area (Å²) < 4.78 is 1.17. The van der Waals surface area contributed by atoms with Crippen LogP contribution in [0.3, 0.4) is 0 Å². The van der Waals surface area contributed by atoms with Gasteiger partial charge in [-0.15, -0.1) is 5.10 Å². The third kappa shape index (κ3) is 4.26. The molecule has 0 aliphatic rings. The summed E-state index contributed by atoms with van der Waals surface area (Å²) in [7, 11) is 0. The summed E-state index contributed by atoms with van der Waals surface area (Å²) >= 11 is 0. The number of aliphatic carboxylic acids is 1. The first kappa shape index (κ1) is 14.4. The van der Waals surface area contributed by atoms with E-state index in [1.807, 2.05) is 0 Å². The van der Waals surface area contributed by atoms with Gasteiger partial charge in [0.05, 0.1) is 18.8 Å². The number of amides is 2. The zero-order valence-corrected chi connectivity index (χ0v) is 11.1. The lowest BCUT2D eigenvalue weighted by Crippen LogP contribution is -2.37. The van der Waals surface area contributed by atoms with Crippen molar-refractivity contribution in [1.29, 1.82) is 0 Å². The maximum Gasteiger partial charge on any atom is 0.325 e. The van der Waals surface area contributed by atoms with Crippen LogP contribution < -0.4 is 10.6 Å². The van der Waals surface area contributed by atoms with Crippen molar-refractivity contribution in [2.75, 3.05) is 0 Å².